The third-order valence-corrected chi connectivity index (χ3v) is 4.99. The SMILES string of the molecule is CN(C)c1ccc2c(-c3cccnc3)cnc(N3CCCCC3)c2c1. The summed E-state index contributed by atoms with van der Waals surface area (Å²) in [5, 5.41) is 2.48. The molecule has 0 unspecified atom stereocenters. The van der Waals surface area contributed by atoms with Gasteiger partial charge in [0.15, 0.2) is 0 Å². The van der Waals surface area contributed by atoms with E-state index in [2.05, 4.69) is 53.1 Å². The first-order chi connectivity index (χ1) is 12.2. The lowest BCUT2D eigenvalue weighted by molar-refractivity contribution is 0.575. The van der Waals surface area contributed by atoms with E-state index in [1.807, 2.05) is 24.7 Å². The van der Waals surface area contributed by atoms with E-state index in [-0.39, 0.29) is 0 Å². The van der Waals surface area contributed by atoms with Crippen LogP contribution in [0.4, 0.5) is 11.5 Å². The number of anilines is 2. The zero-order valence-electron chi connectivity index (χ0n) is 14.9. The molecule has 1 saturated heterocycles. The van der Waals surface area contributed by atoms with Gasteiger partial charge in [-0.15, -0.1) is 0 Å². The highest BCUT2D eigenvalue weighted by Crippen LogP contribution is 2.35. The molecule has 25 heavy (non-hydrogen) atoms. The molecule has 0 spiro atoms. The van der Waals surface area contributed by atoms with Crippen LogP contribution in [-0.2, 0) is 0 Å². The minimum Gasteiger partial charge on any atom is -0.378 e. The topological polar surface area (TPSA) is 32.3 Å². The molecule has 0 amide bonds. The Morgan fingerprint density at radius 2 is 1.80 bits per heavy atom. The molecule has 1 aliphatic heterocycles. The van der Waals surface area contributed by atoms with Crippen LogP contribution in [0.2, 0.25) is 0 Å². The van der Waals surface area contributed by atoms with Gasteiger partial charge in [-0.2, -0.15) is 0 Å². The predicted octanol–water partition coefficient (Wildman–Crippen LogP) is 4.35. The van der Waals surface area contributed by atoms with E-state index in [1.165, 1.54) is 35.7 Å². The molecule has 0 N–H and O–H groups in total. The van der Waals surface area contributed by atoms with Gasteiger partial charge in [-0.1, -0.05) is 12.1 Å². The third kappa shape index (κ3) is 3.04. The van der Waals surface area contributed by atoms with E-state index in [1.54, 1.807) is 0 Å². The Balaban J connectivity index is 1.92. The molecule has 1 aromatic carbocycles. The molecule has 1 fully saturated rings. The van der Waals surface area contributed by atoms with Crippen molar-refractivity contribution in [3.8, 4) is 11.1 Å². The van der Waals surface area contributed by atoms with Crippen molar-refractivity contribution < 1.29 is 0 Å². The van der Waals surface area contributed by atoms with Gasteiger partial charge >= 0.3 is 0 Å². The largest absolute Gasteiger partial charge is 0.378 e. The molecular formula is C21H24N4. The molecule has 0 saturated carbocycles. The minimum atomic E-state index is 1.10. The average Bonchev–Trinajstić information content (AvgIpc) is 2.68. The molecule has 2 aromatic heterocycles. The molecule has 4 nitrogen and oxygen atoms in total. The number of piperidine rings is 1. The lowest BCUT2D eigenvalue weighted by Gasteiger charge is -2.29. The van der Waals surface area contributed by atoms with Crippen LogP contribution >= 0.6 is 0 Å². The number of pyridine rings is 2. The maximum atomic E-state index is 4.89. The fourth-order valence-electron chi connectivity index (χ4n) is 3.60. The first-order valence-electron chi connectivity index (χ1n) is 8.99. The predicted molar refractivity (Wildman–Crippen MR) is 105 cm³/mol. The van der Waals surface area contributed by atoms with Gasteiger partial charge in [0.2, 0.25) is 0 Å². The summed E-state index contributed by atoms with van der Waals surface area (Å²) in [6.45, 7) is 2.20. The average molecular weight is 332 g/mol. The van der Waals surface area contributed by atoms with Crippen LogP contribution in [0.25, 0.3) is 21.9 Å². The molecule has 4 heteroatoms. The number of hydrogen-bond acceptors (Lipinski definition) is 4. The van der Waals surface area contributed by atoms with E-state index >= 15 is 0 Å². The van der Waals surface area contributed by atoms with Crippen molar-refractivity contribution in [2.45, 2.75) is 19.3 Å². The molecule has 4 rings (SSSR count). The van der Waals surface area contributed by atoms with Crippen molar-refractivity contribution in [2.24, 2.45) is 0 Å². The molecule has 128 valence electrons. The first kappa shape index (κ1) is 15.9. The zero-order valence-corrected chi connectivity index (χ0v) is 14.9. The van der Waals surface area contributed by atoms with Gasteiger partial charge in [0, 0.05) is 68.0 Å². The second-order valence-electron chi connectivity index (χ2n) is 6.91. The van der Waals surface area contributed by atoms with Crippen molar-refractivity contribution in [2.75, 3.05) is 37.0 Å². The van der Waals surface area contributed by atoms with E-state index < -0.39 is 0 Å². The third-order valence-electron chi connectivity index (χ3n) is 4.99. The molecule has 3 heterocycles. The van der Waals surface area contributed by atoms with Crippen LogP contribution in [-0.4, -0.2) is 37.2 Å². The van der Waals surface area contributed by atoms with Crippen LogP contribution in [0.5, 0.6) is 0 Å². The zero-order chi connectivity index (χ0) is 17.2. The van der Waals surface area contributed by atoms with Crippen LogP contribution < -0.4 is 9.80 Å². The van der Waals surface area contributed by atoms with Crippen molar-refractivity contribution in [1.82, 2.24) is 9.97 Å². The van der Waals surface area contributed by atoms with Gasteiger partial charge in [-0.25, -0.2) is 4.98 Å². The van der Waals surface area contributed by atoms with Gasteiger partial charge in [0.05, 0.1) is 0 Å². The summed E-state index contributed by atoms with van der Waals surface area (Å²) >= 11 is 0. The van der Waals surface area contributed by atoms with E-state index in [4.69, 9.17) is 4.98 Å². The van der Waals surface area contributed by atoms with Crippen LogP contribution in [0.3, 0.4) is 0 Å². The minimum absolute atomic E-state index is 1.10. The molecule has 0 aliphatic carbocycles. The second-order valence-corrected chi connectivity index (χ2v) is 6.91. The first-order valence-corrected chi connectivity index (χ1v) is 8.99. The van der Waals surface area contributed by atoms with Crippen LogP contribution in [0, 0.1) is 0 Å². The highest BCUT2D eigenvalue weighted by molar-refractivity contribution is 6.03. The molecule has 1 aliphatic rings. The van der Waals surface area contributed by atoms with E-state index in [9.17, 15) is 0 Å². The Bertz CT molecular complexity index is 868. The fraction of sp³-hybridized carbons (Fsp3) is 0.333. The van der Waals surface area contributed by atoms with Crippen molar-refractivity contribution in [3.63, 3.8) is 0 Å². The summed E-state index contributed by atoms with van der Waals surface area (Å²) < 4.78 is 0. The highest BCUT2D eigenvalue weighted by Gasteiger charge is 2.17. The summed E-state index contributed by atoms with van der Waals surface area (Å²) in [7, 11) is 4.17. The van der Waals surface area contributed by atoms with Crippen molar-refractivity contribution >= 4 is 22.3 Å². The van der Waals surface area contributed by atoms with E-state index in [0.717, 1.165) is 30.0 Å². The Labute approximate surface area is 149 Å². The summed E-state index contributed by atoms with van der Waals surface area (Å²) in [5.41, 5.74) is 3.47. The number of hydrogen-bond donors (Lipinski definition) is 0. The van der Waals surface area contributed by atoms with Crippen LogP contribution in [0.15, 0.2) is 48.9 Å². The summed E-state index contributed by atoms with van der Waals surface area (Å²) in [6, 6.07) is 10.8. The fourth-order valence-corrected chi connectivity index (χ4v) is 3.60. The van der Waals surface area contributed by atoms with Gasteiger partial charge in [0.25, 0.3) is 0 Å². The number of fused-ring (bicyclic) bond motifs is 1. The van der Waals surface area contributed by atoms with Crippen molar-refractivity contribution in [3.05, 3.63) is 48.9 Å². The Hall–Kier alpha value is -2.62. The maximum Gasteiger partial charge on any atom is 0.136 e. The van der Waals surface area contributed by atoms with Gasteiger partial charge in [0.1, 0.15) is 5.82 Å². The Morgan fingerprint density at radius 1 is 0.960 bits per heavy atom. The van der Waals surface area contributed by atoms with E-state index in [0.29, 0.717) is 0 Å². The quantitative estimate of drug-likeness (QED) is 0.713. The summed E-state index contributed by atoms with van der Waals surface area (Å²) in [5.74, 6) is 1.12. The molecule has 0 bridgehead atoms. The molecule has 3 aromatic rings. The smallest absolute Gasteiger partial charge is 0.136 e. The van der Waals surface area contributed by atoms with Gasteiger partial charge < -0.3 is 9.80 Å². The summed E-state index contributed by atoms with van der Waals surface area (Å²) in [6.07, 6.45) is 9.56. The number of benzene rings is 1. The summed E-state index contributed by atoms with van der Waals surface area (Å²) in [4.78, 5) is 13.8. The Morgan fingerprint density at radius 3 is 2.52 bits per heavy atom. The lowest BCUT2D eigenvalue weighted by Crippen LogP contribution is -2.30. The highest BCUT2D eigenvalue weighted by atomic mass is 15.2. The van der Waals surface area contributed by atoms with Gasteiger partial charge in [-0.3, -0.25) is 4.98 Å². The van der Waals surface area contributed by atoms with Crippen molar-refractivity contribution in [1.29, 1.82) is 0 Å². The van der Waals surface area contributed by atoms with Gasteiger partial charge in [-0.05, 0) is 42.8 Å². The maximum absolute atomic E-state index is 4.89. The normalized spacial score (nSPS) is 14.7. The number of nitrogens with zero attached hydrogens (tertiary/aromatic N) is 4. The molecule has 0 radical (unpaired) electrons. The molecular weight excluding hydrogens is 308 g/mol. The lowest BCUT2D eigenvalue weighted by atomic mass is 10.00. The Kier molecular flexibility index (Phi) is 4.26. The van der Waals surface area contributed by atoms with Crippen LogP contribution in [0.1, 0.15) is 19.3 Å². The standard InChI is InChI=1S/C21H24N4/c1-24(2)17-8-9-18-19(13-17)21(25-11-4-3-5-12-25)23-15-20(18)16-7-6-10-22-14-16/h6-10,13-15H,3-5,11-12H2,1-2H3. The number of aromatic nitrogens is 2. The number of rotatable bonds is 3. The monoisotopic (exact) mass is 332 g/mol. The second kappa shape index (κ2) is 6.71. The molecule has 0 atom stereocenters.